The number of nitrogens with one attached hydrogen (secondary N) is 3. The van der Waals surface area contributed by atoms with Crippen LogP contribution in [-0.2, 0) is 14.4 Å². The summed E-state index contributed by atoms with van der Waals surface area (Å²) in [5.74, 6) is -0.600. The maximum atomic E-state index is 11.7. The second-order valence-corrected chi connectivity index (χ2v) is 5.06. The molecule has 102 valence electrons. The first kappa shape index (κ1) is 14.5. The molecule has 1 saturated heterocycles. The van der Waals surface area contributed by atoms with Gasteiger partial charge in [-0.3, -0.25) is 14.4 Å². The zero-order valence-corrected chi connectivity index (χ0v) is 11.1. The van der Waals surface area contributed by atoms with Gasteiger partial charge >= 0.3 is 0 Å². The number of hydrogen-bond donors (Lipinski definition) is 3. The van der Waals surface area contributed by atoms with E-state index >= 15 is 0 Å². The van der Waals surface area contributed by atoms with Gasteiger partial charge in [0, 0.05) is 13.0 Å². The number of carbonyl (C=O) groups excluding carboxylic acids is 3. The molecule has 0 aromatic heterocycles. The molecule has 0 saturated carbocycles. The molecule has 3 amide bonds. The van der Waals surface area contributed by atoms with Gasteiger partial charge in [-0.25, -0.2) is 0 Å². The molecule has 0 spiro atoms. The summed E-state index contributed by atoms with van der Waals surface area (Å²) in [4.78, 5) is 34.2. The minimum absolute atomic E-state index is 0.00535. The van der Waals surface area contributed by atoms with Gasteiger partial charge in [0.25, 0.3) is 0 Å². The highest BCUT2D eigenvalue weighted by molar-refractivity contribution is 5.97. The maximum Gasteiger partial charge on any atom is 0.229 e. The van der Waals surface area contributed by atoms with Crippen LogP contribution in [0.1, 0.15) is 40.0 Å². The second kappa shape index (κ2) is 5.84. The topological polar surface area (TPSA) is 87.3 Å². The van der Waals surface area contributed by atoms with Gasteiger partial charge in [-0.1, -0.05) is 0 Å². The Balaban J connectivity index is 2.49. The molecule has 6 heteroatoms. The third kappa shape index (κ3) is 4.01. The van der Waals surface area contributed by atoms with E-state index in [1.165, 1.54) is 0 Å². The summed E-state index contributed by atoms with van der Waals surface area (Å²) < 4.78 is 0. The molecule has 0 radical (unpaired) electrons. The molecule has 0 bridgehead atoms. The molecule has 3 N–H and O–H groups in total. The molecular formula is C12H21N3O3. The Bertz CT molecular complexity index is 352. The lowest BCUT2D eigenvalue weighted by molar-refractivity contribution is -0.132. The molecule has 1 aliphatic rings. The van der Waals surface area contributed by atoms with Crippen molar-refractivity contribution in [2.75, 3.05) is 6.54 Å². The van der Waals surface area contributed by atoms with E-state index in [0.717, 1.165) is 0 Å². The summed E-state index contributed by atoms with van der Waals surface area (Å²) >= 11 is 0. The molecule has 1 rings (SSSR count). The molecule has 0 aliphatic carbocycles. The van der Waals surface area contributed by atoms with Crippen molar-refractivity contribution >= 4 is 17.7 Å². The minimum Gasteiger partial charge on any atom is -0.356 e. The first-order chi connectivity index (χ1) is 8.35. The first-order valence-corrected chi connectivity index (χ1v) is 6.22. The van der Waals surface area contributed by atoms with E-state index in [9.17, 15) is 14.4 Å². The fourth-order valence-electron chi connectivity index (χ4n) is 2.05. The summed E-state index contributed by atoms with van der Waals surface area (Å²) in [6.07, 6.45) is 0.823. The Hall–Kier alpha value is -1.59. The van der Waals surface area contributed by atoms with E-state index in [1.807, 2.05) is 13.8 Å². The standard InChI is InChI=1S/C12H21N3O3/c1-4-13-10(17)7-11(18)14-8-5-6-9(16)15-12(8,2)3/h8H,4-7H2,1-3H3,(H,13,17)(H,14,18)(H,15,16). The fourth-order valence-corrected chi connectivity index (χ4v) is 2.05. The van der Waals surface area contributed by atoms with Crippen LogP contribution in [0.2, 0.25) is 0 Å². The van der Waals surface area contributed by atoms with Crippen LogP contribution in [-0.4, -0.2) is 35.8 Å². The van der Waals surface area contributed by atoms with Crippen LogP contribution in [0.5, 0.6) is 0 Å². The first-order valence-electron chi connectivity index (χ1n) is 6.22. The van der Waals surface area contributed by atoms with Crippen molar-refractivity contribution in [1.29, 1.82) is 0 Å². The van der Waals surface area contributed by atoms with Gasteiger partial charge in [-0.05, 0) is 27.2 Å². The summed E-state index contributed by atoms with van der Waals surface area (Å²) in [6, 6.07) is -0.142. The molecule has 1 unspecified atom stereocenters. The van der Waals surface area contributed by atoms with Crippen molar-refractivity contribution in [3.8, 4) is 0 Å². The third-order valence-electron chi connectivity index (χ3n) is 3.02. The normalized spacial score (nSPS) is 21.9. The number of piperidine rings is 1. The Morgan fingerprint density at radius 2 is 2.06 bits per heavy atom. The lowest BCUT2D eigenvalue weighted by Crippen LogP contribution is -2.62. The lowest BCUT2D eigenvalue weighted by Gasteiger charge is -2.39. The molecule has 0 aromatic rings. The molecule has 18 heavy (non-hydrogen) atoms. The smallest absolute Gasteiger partial charge is 0.229 e. The van der Waals surface area contributed by atoms with Crippen LogP contribution in [0.15, 0.2) is 0 Å². The van der Waals surface area contributed by atoms with Crippen molar-refractivity contribution in [2.45, 2.75) is 51.6 Å². The molecule has 1 heterocycles. The van der Waals surface area contributed by atoms with E-state index in [2.05, 4.69) is 16.0 Å². The van der Waals surface area contributed by atoms with Crippen LogP contribution in [0.3, 0.4) is 0 Å². The summed E-state index contributed by atoms with van der Waals surface area (Å²) in [5, 5.41) is 8.21. The highest BCUT2D eigenvalue weighted by atomic mass is 16.2. The minimum atomic E-state index is -0.480. The lowest BCUT2D eigenvalue weighted by atomic mass is 9.87. The largest absolute Gasteiger partial charge is 0.356 e. The summed E-state index contributed by atoms with van der Waals surface area (Å²) in [6.45, 7) is 6.04. The highest BCUT2D eigenvalue weighted by Crippen LogP contribution is 2.19. The Kier molecular flexibility index (Phi) is 4.69. The van der Waals surface area contributed by atoms with E-state index in [0.29, 0.717) is 19.4 Å². The zero-order valence-electron chi connectivity index (χ0n) is 11.1. The van der Waals surface area contributed by atoms with Crippen LogP contribution < -0.4 is 16.0 Å². The predicted molar refractivity (Wildman–Crippen MR) is 66.7 cm³/mol. The molecule has 1 atom stereocenters. The van der Waals surface area contributed by atoms with Gasteiger partial charge in [-0.2, -0.15) is 0 Å². The number of rotatable bonds is 4. The van der Waals surface area contributed by atoms with Crippen molar-refractivity contribution in [2.24, 2.45) is 0 Å². The van der Waals surface area contributed by atoms with Crippen LogP contribution >= 0.6 is 0 Å². The van der Waals surface area contributed by atoms with E-state index < -0.39 is 5.54 Å². The Morgan fingerprint density at radius 1 is 1.39 bits per heavy atom. The van der Waals surface area contributed by atoms with Crippen molar-refractivity contribution in [1.82, 2.24) is 16.0 Å². The van der Waals surface area contributed by atoms with E-state index in [4.69, 9.17) is 0 Å². The highest BCUT2D eigenvalue weighted by Gasteiger charge is 2.36. The Labute approximate surface area is 107 Å². The molecular weight excluding hydrogens is 234 g/mol. The quantitative estimate of drug-likeness (QED) is 0.602. The monoisotopic (exact) mass is 255 g/mol. The van der Waals surface area contributed by atoms with Crippen molar-refractivity contribution in [3.63, 3.8) is 0 Å². The number of amides is 3. The summed E-state index contributed by atoms with van der Waals surface area (Å²) in [5.41, 5.74) is -0.480. The molecule has 1 aliphatic heterocycles. The van der Waals surface area contributed by atoms with Gasteiger partial charge in [0.1, 0.15) is 6.42 Å². The molecule has 0 aromatic carbocycles. The maximum absolute atomic E-state index is 11.7. The fraction of sp³-hybridized carbons (Fsp3) is 0.750. The summed E-state index contributed by atoms with van der Waals surface area (Å²) in [7, 11) is 0. The SMILES string of the molecule is CCNC(=O)CC(=O)NC1CCC(=O)NC1(C)C. The molecule has 1 fully saturated rings. The number of hydrogen-bond acceptors (Lipinski definition) is 3. The van der Waals surface area contributed by atoms with Gasteiger partial charge in [0.05, 0.1) is 11.6 Å². The third-order valence-corrected chi connectivity index (χ3v) is 3.02. The van der Waals surface area contributed by atoms with Gasteiger partial charge < -0.3 is 16.0 Å². The van der Waals surface area contributed by atoms with Gasteiger partial charge in [-0.15, -0.1) is 0 Å². The average molecular weight is 255 g/mol. The van der Waals surface area contributed by atoms with Crippen molar-refractivity contribution < 1.29 is 14.4 Å². The predicted octanol–water partition coefficient (Wildman–Crippen LogP) is -0.314. The van der Waals surface area contributed by atoms with E-state index in [1.54, 1.807) is 6.92 Å². The van der Waals surface area contributed by atoms with Gasteiger partial charge in [0.2, 0.25) is 17.7 Å². The second-order valence-electron chi connectivity index (χ2n) is 5.06. The van der Waals surface area contributed by atoms with Crippen LogP contribution in [0.25, 0.3) is 0 Å². The zero-order chi connectivity index (χ0) is 13.8. The Morgan fingerprint density at radius 3 is 2.61 bits per heavy atom. The van der Waals surface area contributed by atoms with Crippen LogP contribution in [0, 0.1) is 0 Å². The van der Waals surface area contributed by atoms with Gasteiger partial charge in [0.15, 0.2) is 0 Å². The number of carbonyl (C=O) groups is 3. The van der Waals surface area contributed by atoms with Crippen molar-refractivity contribution in [3.05, 3.63) is 0 Å². The van der Waals surface area contributed by atoms with E-state index in [-0.39, 0.29) is 30.2 Å². The average Bonchev–Trinajstić information content (AvgIpc) is 2.21. The molecule has 6 nitrogen and oxygen atoms in total. The van der Waals surface area contributed by atoms with Crippen LogP contribution in [0.4, 0.5) is 0 Å².